The summed E-state index contributed by atoms with van der Waals surface area (Å²) in [5.74, 6) is -0.381. The number of rotatable bonds is 9. The lowest BCUT2D eigenvalue weighted by Gasteiger charge is -2.24. The van der Waals surface area contributed by atoms with Crippen molar-refractivity contribution in [2.75, 3.05) is 19.1 Å². The molecule has 0 spiro atoms. The number of carbonyl (C=O) groups excluding carboxylic acids is 2. The monoisotopic (exact) mass is 635 g/mol. The molecule has 0 saturated carbocycles. The Labute approximate surface area is 265 Å². The molecule has 1 atom stereocenters. The van der Waals surface area contributed by atoms with Crippen LogP contribution in [0.1, 0.15) is 27.7 Å². The summed E-state index contributed by atoms with van der Waals surface area (Å²) in [6.45, 7) is 0. The summed E-state index contributed by atoms with van der Waals surface area (Å²) in [5, 5.41) is 23.1. The average molecular weight is 636 g/mol. The van der Waals surface area contributed by atoms with Crippen LogP contribution in [0.3, 0.4) is 0 Å². The number of benzene rings is 4. The molecule has 1 unspecified atom stereocenters. The van der Waals surface area contributed by atoms with Crippen LogP contribution in [-0.4, -0.2) is 41.2 Å². The van der Waals surface area contributed by atoms with Gasteiger partial charge >= 0.3 is 0 Å². The number of fused-ring (bicyclic) bond motifs is 2. The minimum absolute atomic E-state index is 0.0344. The number of hydrogen-bond acceptors (Lipinski definition) is 10. The van der Waals surface area contributed by atoms with E-state index in [0.29, 0.717) is 38.1 Å². The predicted molar refractivity (Wildman–Crippen MR) is 173 cm³/mol. The number of nitrogens with zero attached hydrogens (tertiary/aromatic N) is 3. The maximum atomic E-state index is 14.0. The van der Waals surface area contributed by atoms with Crippen molar-refractivity contribution < 1.29 is 28.6 Å². The molecule has 9 nitrogen and oxygen atoms in total. The number of methoxy groups -OCH3 is 2. The quantitative estimate of drug-likeness (QED) is 0.0978. The van der Waals surface area contributed by atoms with Crippen molar-refractivity contribution in [2.24, 2.45) is 0 Å². The zero-order chi connectivity index (χ0) is 31.1. The van der Waals surface area contributed by atoms with Gasteiger partial charge in [-0.25, -0.2) is 0 Å². The Morgan fingerprint density at radius 2 is 1.71 bits per heavy atom. The van der Waals surface area contributed by atoms with Crippen molar-refractivity contribution in [3.05, 3.63) is 119 Å². The number of aromatic nitrogens is 2. The van der Waals surface area contributed by atoms with E-state index in [2.05, 4.69) is 34.5 Å². The van der Waals surface area contributed by atoms with Gasteiger partial charge in [0.1, 0.15) is 5.75 Å². The molecule has 11 heteroatoms. The van der Waals surface area contributed by atoms with Crippen molar-refractivity contribution in [3.63, 3.8) is 0 Å². The molecule has 0 bridgehead atoms. The third-order valence-corrected chi connectivity index (χ3v) is 9.77. The summed E-state index contributed by atoms with van der Waals surface area (Å²) >= 11 is 2.72. The first kappa shape index (κ1) is 28.6. The van der Waals surface area contributed by atoms with Gasteiger partial charge in [-0.05, 0) is 46.2 Å². The van der Waals surface area contributed by atoms with Crippen LogP contribution in [0.15, 0.2) is 111 Å². The molecule has 0 radical (unpaired) electrons. The van der Waals surface area contributed by atoms with Gasteiger partial charge in [0.05, 0.1) is 25.8 Å². The van der Waals surface area contributed by atoms with Gasteiger partial charge in [-0.15, -0.1) is 10.2 Å². The van der Waals surface area contributed by atoms with E-state index in [9.17, 15) is 14.7 Å². The number of carbonyl (C=O) groups is 2. The number of Topliss-reactive ketones (excluding diaryl/α,β-unsaturated/α-hetero) is 1. The number of ether oxygens (including phenoxy) is 2. The Kier molecular flexibility index (Phi) is 7.48. The summed E-state index contributed by atoms with van der Waals surface area (Å²) in [7, 11) is 3.06. The second-order valence-electron chi connectivity index (χ2n) is 10.2. The molecule has 4 aromatic carbocycles. The molecule has 6 aromatic rings. The molecule has 1 amide bonds. The van der Waals surface area contributed by atoms with Gasteiger partial charge in [0.25, 0.3) is 5.91 Å². The van der Waals surface area contributed by atoms with E-state index in [1.807, 2.05) is 18.2 Å². The first-order valence-corrected chi connectivity index (χ1v) is 15.7. The van der Waals surface area contributed by atoms with Crippen LogP contribution in [0.25, 0.3) is 21.7 Å². The first-order chi connectivity index (χ1) is 22.0. The molecule has 2 aromatic heterocycles. The Bertz CT molecular complexity index is 2110. The predicted octanol–water partition coefficient (Wildman–Crippen LogP) is 7.53. The minimum Gasteiger partial charge on any atom is -0.503 e. The summed E-state index contributed by atoms with van der Waals surface area (Å²) in [6, 6.07) is 27.2. The van der Waals surface area contributed by atoms with Gasteiger partial charge < -0.3 is 19.0 Å². The van der Waals surface area contributed by atoms with Gasteiger partial charge in [-0.2, -0.15) is 0 Å². The molecule has 1 N–H and O–H groups in total. The van der Waals surface area contributed by atoms with E-state index in [0.717, 1.165) is 16.3 Å². The van der Waals surface area contributed by atoms with Crippen LogP contribution in [0.5, 0.6) is 11.5 Å². The van der Waals surface area contributed by atoms with Crippen LogP contribution >= 0.6 is 23.1 Å². The lowest BCUT2D eigenvalue weighted by molar-refractivity contribution is -0.117. The summed E-state index contributed by atoms with van der Waals surface area (Å²) in [5.41, 5.74) is 1.99. The highest BCUT2D eigenvalue weighted by Crippen LogP contribution is 2.45. The second-order valence-corrected chi connectivity index (χ2v) is 12.4. The smallest absolute Gasteiger partial charge is 0.296 e. The number of para-hydroxylation sites is 1. The van der Waals surface area contributed by atoms with Crippen LogP contribution in [0.4, 0.5) is 5.13 Å². The lowest BCUT2D eigenvalue weighted by Crippen LogP contribution is -2.31. The second kappa shape index (κ2) is 11.8. The van der Waals surface area contributed by atoms with Crippen molar-refractivity contribution >= 4 is 61.7 Å². The van der Waals surface area contributed by atoms with Crippen molar-refractivity contribution in [1.29, 1.82) is 0 Å². The van der Waals surface area contributed by atoms with Crippen LogP contribution in [0, 0.1) is 0 Å². The van der Waals surface area contributed by atoms with Gasteiger partial charge in [0.15, 0.2) is 27.2 Å². The Hall–Kier alpha value is -5.13. The molecule has 3 heterocycles. The summed E-state index contributed by atoms with van der Waals surface area (Å²) < 4.78 is 17.3. The molecule has 45 heavy (non-hydrogen) atoms. The highest BCUT2D eigenvalue weighted by molar-refractivity contribution is 8.00. The van der Waals surface area contributed by atoms with Crippen LogP contribution < -0.4 is 14.4 Å². The highest BCUT2D eigenvalue weighted by atomic mass is 32.2. The highest BCUT2D eigenvalue weighted by Gasteiger charge is 2.47. The fourth-order valence-corrected chi connectivity index (χ4v) is 7.37. The molecule has 0 aliphatic carbocycles. The Morgan fingerprint density at radius 3 is 2.51 bits per heavy atom. The Balaban J connectivity index is 1.24. The fourth-order valence-electron chi connectivity index (χ4n) is 5.49. The largest absolute Gasteiger partial charge is 0.503 e. The van der Waals surface area contributed by atoms with Gasteiger partial charge in [0, 0.05) is 11.1 Å². The zero-order valence-electron chi connectivity index (χ0n) is 24.1. The van der Waals surface area contributed by atoms with Gasteiger partial charge in [-0.3, -0.25) is 14.5 Å². The van der Waals surface area contributed by atoms with E-state index in [1.165, 1.54) is 35.1 Å². The number of thioether (sulfide) groups is 1. The fraction of sp³-hybridized carbons (Fsp3) is 0.118. The van der Waals surface area contributed by atoms with Gasteiger partial charge in [-0.1, -0.05) is 89.8 Å². The number of anilines is 1. The molecular formula is C34H25N3O6S2. The molecule has 0 saturated heterocycles. The minimum atomic E-state index is -0.991. The van der Waals surface area contributed by atoms with E-state index >= 15 is 0 Å². The van der Waals surface area contributed by atoms with E-state index in [-0.39, 0.29) is 16.5 Å². The number of aliphatic hydroxyl groups is 1. The van der Waals surface area contributed by atoms with E-state index in [4.69, 9.17) is 13.9 Å². The Morgan fingerprint density at radius 1 is 0.956 bits per heavy atom. The first-order valence-electron chi connectivity index (χ1n) is 13.9. The van der Waals surface area contributed by atoms with Crippen LogP contribution in [0.2, 0.25) is 0 Å². The van der Waals surface area contributed by atoms with Gasteiger partial charge in [0.2, 0.25) is 10.9 Å². The average Bonchev–Trinajstić information content (AvgIpc) is 3.80. The maximum absolute atomic E-state index is 14.0. The standard InChI is InChI=1S/C34H25N3O6S2/c1-41-23-15-13-20(14-16-23)28-27(29(38)26-17-21-9-6-12-25(42-2)31(21)43-26)30(39)32(40)37(28)33-35-36-34(45-33)44-18-22-10-5-8-19-7-3-4-11-24(19)22/h3-17,28,39H,18H2,1-2H3. The summed E-state index contributed by atoms with van der Waals surface area (Å²) in [4.78, 5) is 29.0. The third-order valence-electron chi connectivity index (χ3n) is 7.67. The number of furan rings is 1. The van der Waals surface area contributed by atoms with E-state index in [1.54, 1.807) is 55.6 Å². The molecule has 7 rings (SSSR count). The van der Waals surface area contributed by atoms with Crippen LogP contribution in [-0.2, 0) is 10.5 Å². The molecule has 1 aliphatic rings. The van der Waals surface area contributed by atoms with Crippen molar-refractivity contribution in [3.8, 4) is 11.5 Å². The SMILES string of the molecule is COc1ccc(C2C(C(=O)c3cc4cccc(OC)c4o3)=C(O)C(=O)N2c2nnc(SCc3cccc4ccccc34)s2)cc1. The number of aliphatic hydroxyl groups excluding tert-OH is 1. The lowest BCUT2D eigenvalue weighted by atomic mass is 9.95. The van der Waals surface area contributed by atoms with Crippen molar-refractivity contribution in [2.45, 2.75) is 16.1 Å². The molecular weight excluding hydrogens is 611 g/mol. The van der Waals surface area contributed by atoms with Crippen molar-refractivity contribution in [1.82, 2.24) is 10.2 Å². The number of ketones is 1. The number of amides is 1. The topological polar surface area (TPSA) is 115 Å². The maximum Gasteiger partial charge on any atom is 0.296 e. The molecule has 0 fully saturated rings. The zero-order valence-corrected chi connectivity index (χ0v) is 25.7. The summed E-state index contributed by atoms with van der Waals surface area (Å²) in [6.07, 6.45) is 0. The molecule has 224 valence electrons. The number of hydrogen-bond donors (Lipinski definition) is 1. The molecule has 1 aliphatic heterocycles. The third kappa shape index (κ3) is 5.09. The van der Waals surface area contributed by atoms with E-state index < -0.39 is 23.5 Å². The normalized spacial score (nSPS) is 14.9.